The molecule has 21 heavy (non-hydrogen) atoms. The summed E-state index contributed by atoms with van der Waals surface area (Å²) < 4.78 is 27.7. The minimum absolute atomic E-state index is 0.233. The number of anilines is 1. The minimum Gasteiger partial charge on any atom is -0.326 e. The van der Waals surface area contributed by atoms with E-state index >= 15 is 0 Å². The molecule has 6 heteroatoms. The van der Waals surface area contributed by atoms with Gasteiger partial charge >= 0.3 is 0 Å². The van der Waals surface area contributed by atoms with Crippen LogP contribution in [-0.2, 0) is 16.6 Å². The van der Waals surface area contributed by atoms with Gasteiger partial charge in [-0.1, -0.05) is 24.3 Å². The van der Waals surface area contributed by atoms with Crippen molar-refractivity contribution in [3.63, 3.8) is 0 Å². The van der Waals surface area contributed by atoms with Crippen LogP contribution in [0.2, 0.25) is 0 Å². The van der Waals surface area contributed by atoms with Gasteiger partial charge in [0.1, 0.15) is 4.90 Å². The molecule has 0 spiro atoms. The fraction of sp³-hybridized carbons (Fsp3) is 0.200. The van der Waals surface area contributed by atoms with E-state index in [1.165, 1.54) is 4.31 Å². The Morgan fingerprint density at radius 2 is 1.81 bits per heavy atom. The number of hydrogen-bond donors (Lipinski definition) is 1. The summed E-state index contributed by atoms with van der Waals surface area (Å²) in [6, 6.07) is 14.2. The highest BCUT2D eigenvalue weighted by Crippen LogP contribution is 2.29. The van der Waals surface area contributed by atoms with Crippen molar-refractivity contribution in [1.29, 1.82) is 0 Å². The molecule has 0 fully saturated rings. The largest absolute Gasteiger partial charge is 0.326 e. The Morgan fingerprint density at radius 1 is 1.14 bits per heavy atom. The Labute approximate surface area is 133 Å². The van der Waals surface area contributed by atoms with Crippen molar-refractivity contribution in [2.45, 2.75) is 18.4 Å². The molecule has 2 rings (SSSR count). The highest BCUT2D eigenvalue weighted by atomic mass is 79.9. The van der Waals surface area contributed by atoms with E-state index in [-0.39, 0.29) is 4.90 Å². The average molecular weight is 369 g/mol. The molecule has 0 saturated heterocycles. The molecule has 112 valence electrons. The number of hydrogen-bond acceptors (Lipinski definition) is 3. The molecule has 0 aliphatic carbocycles. The molecule has 4 nitrogen and oxygen atoms in total. The van der Waals surface area contributed by atoms with E-state index in [2.05, 4.69) is 15.9 Å². The summed E-state index contributed by atoms with van der Waals surface area (Å²) in [4.78, 5) is 0.233. The fourth-order valence-electron chi connectivity index (χ4n) is 2.08. The Bertz CT molecular complexity index is 718. The van der Waals surface area contributed by atoms with Gasteiger partial charge in [0.25, 0.3) is 10.0 Å². The third-order valence-electron chi connectivity index (χ3n) is 3.13. The van der Waals surface area contributed by atoms with Crippen molar-refractivity contribution in [2.24, 2.45) is 5.73 Å². The molecule has 0 bridgehead atoms. The van der Waals surface area contributed by atoms with Gasteiger partial charge in [-0.15, -0.1) is 0 Å². The quantitative estimate of drug-likeness (QED) is 0.881. The maximum absolute atomic E-state index is 12.9. The standard InChI is InChI=1S/C15H17BrN2O2S/c1-2-18(13-6-4-3-5-7-13)21(19,20)15-10-12(11-17)8-9-14(15)16/h3-10H,2,11,17H2,1H3. The van der Waals surface area contributed by atoms with Gasteiger partial charge in [-0.2, -0.15) is 0 Å². The number of benzene rings is 2. The Balaban J connectivity index is 2.55. The van der Waals surface area contributed by atoms with Crippen LogP contribution in [-0.4, -0.2) is 15.0 Å². The first kappa shape index (κ1) is 16.0. The van der Waals surface area contributed by atoms with E-state index in [0.29, 0.717) is 23.2 Å². The topological polar surface area (TPSA) is 63.4 Å². The Kier molecular flexibility index (Phi) is 5.03. The summed E-state index contributed by atoms with van der Waals surface area (Å²) in [5.74, 6) is 0. The Hall–Kier alpha value is -1.37. The summed E-state index contributed by atoms with van der Waals surface area (Å²) in [6.45, 7) is 2.46. The molecule has 2 aromatic rings. The van der Waals surface area contributed by atoms with Crippen molar-refractivity contribution in [3.8, 4) is 0 Å². The van der Waals surface area contributed by atoms with Crippen molar-refractivity contribution < 1.29 is 8.42 Å². The van der Waals surface area contributed by atoms with E-state index in [1.807, 2.05) is 31.2 Å². The van der Waals surface area contributed by atoms with Crippen molar-refractivity contribution in [2.75, 3.05) is 10.8 Å². The second kappa shape index (κ2) is 6.60. The molecular formula is C15H17BrN2O2S. The van der Waals surface area contributed by atoms with Crippen LogP contribution in [0.25, 0.3) is 0 Å². The number of nitrogens with two attached hydrogens (primary N) is 1. The van der Waals surface area contributed by atoms with Crippen LogP contribution >= 0.6 is 15.9 Å². The van der Waals surface area contributed by atoms with Crippen LogP contribution in [0.3, 0.4) is 0 Å². The van der Waals surface area contributed by atoms with Crippen molar-refractivity contribution in [3.05, 3.63) is 58.6 Å². The molecule has 0 amide bonds. The van der Waals surface area contributed by atoms with Crippen LogP contribution < -0.4 is 10.0 Å². The SMILES string of the molecule is CCN(c1ccccc1)S(=O)(=O)c1cc(CN)ccc1Br. The maximum Gasteiger partial charge on any atom is 0.265 e. The number of sulfonamides is 1. The van der Waals surface area contributed by atoms with Crippen LogP contribution in [0, 0.1) is 0 Å². The fourth-order valence-corrected chi connectivity index (χ4v) is 4.53. The van der Waals surface area contributed by atoms with Gasteiger partial charge in [0.2, 0.25) is 0 Å². The lowest BCUT2D eigenvalue weighted by molar-refractivity contribution is 0.591. The maximum atomic E-state index is 12.9. The first-order valence-electron chi connectivity index (χ1n) is 6.57. The predicted octanol–water partition coefficient (Wildman–Crippen LogP) is 3.12. The molecular weight excluding hydrogens is 352 g/mol. The third kappa shape index (κ3) is 3.28. The van der Waals surface area contributed by atoms with E-state index < -0.39 is 10.0 Å². The molecule has 0 aliphatic heterocycles. The number of para-hydroxylation sites is 1. The smallest absolute Gasteiger partial charge is 0.265 e. The third-order valence-corrected chi connectivity index (χ3v) is 6.03. The lowest BCUT2D eigenvalue weighted by Crippen LogP contribution is -2.31. The second-order valence-corrected chi connectivity index (χ2v) is 7.16. The first-order chi connectivity index (χ1) is 10.0. The second-order valence-electron chi connectivity index (χ2n) is 4.47. The molecule has 2 N–H and O–H groups in total. The number of halogens is 1. The molecule has 0 radical (unpaired) electrons. The molecule has 0 aliphatic rings. The van der Waals surface area contributed by atoms with E-state index in [4.69, 9.17) is 5.73 Å². The molecule has 0 heterocycles. The molecule has 0 saturated carbocycles. The van der Waals surface area contributed by atoms with Gasteiger partial charge in [0.05, 0.1) is 5.69 Å². The van der Waals surface area contributed by atoms with Crippen LogP contribution in [0.1, 0.15) is 12.5 Å². The molecule has 2 aromatic carbocycles. The monoisotopic (exact) mass is 368 g/mol. The van der Waals surface area contributed by atoms with E-state index in [0.717, 1.165) is 5.56 Å². The molecule has 0 aromatic heterocycles. The van der Waals surface area contributed by atoms with Gasteiger partial charge in [0, 0.05) is 17.6 Å². The van der Waals surface area contributed by atoms with Gasteiger partial charge in [-0.25, -0.2) is 8.42 Å². The first-order valence-corrected chi connectivity index (χ1v) is 8.80. The molecule has 0 atom stereocenters. The van der Waals surface area contributed by atoms with E-state index in [1.54, 1.807) is 24.3 Å². The molecule has 0 unspecified atom stereocenters. The van der Waals surface area contributed by atoms with Crippen molar-refractivity contribution >= 4 is 31.6 Å². The summed E-state index contributed by atoms with van der Waals surface area (Å²) >= 11 is 3.32. The number of nitrogens with zero attached hydrogens (tertiary/aromatic N) is 1. The predicted molar refractivity (Wildman–Crippen MR) is 88.7 cm³/mol. The summed E-state index contributed by atoms with van der Waals surface area (Å²) in [5.41, 5.74) is 7.03. The zero-order chi connectivity index (χ0) is 15.5. The highest BCUT2D eigenvalue weighted by molar-refractivity contribution is 9.10. The summed E-state index contributed by atoms with van der Waals surface area (Å²) in [5, 5.41) is 0. The van der Waals surface area contributed by atoms with Crippen molar-refractivity contribution in [1.82, 2.24) is 0 Å². The van der Waals surface area contributed by atoms with Gasteiger partial charge < -0.3 is 5.73 Å². The van der Waals surface area contributed by atoms with Crippen LogP contribution in [0.15, 0.2) is 57.9 Å². The van der Waals surface area contributed by atoms with Crippen LogP contribution in [0.5, 0.6) is 0 Å². The zero-order valence-corrected chi connectivity index (χ0v) is 14.1. The Morgan fingerprint density at radius 3 is 2.38 bits per heavy atom. The number of rotatable bonds is 5. The van der Waals surface area contributed by atoms with Gasteiger partial charge in [-0.3, -0.25) is 4.31 Å². The normalized spacial score (nSPS) is 11.4. The zero-order valence-electron chi connectivity index (χ0n) is 11.7. The summed E-state index contributed by atoms with van der Waals surface area (Å²) in [6.07, 6.45) is 0. The van der Waals surface area contributed by atoms with E-state index in [9.17, 15) is 8.42 Å². The average Bonchev–Trinajstić information content (AvgIpc) is 2.49. The van der Waals surface area contributed by atoms with Gasteiger partial charge in [0.15, 0.2) is 0 Å². The minimum atomic E-state index is -3.64. The lowest BCUT2D eigenvalue weighted by Gasteiger charge is -2.23. The highest BCUT2D eigenvalue weighted by Gasteiger charge is 2.25. The van der Waals surface area contributed by atoms with Gasteiger partial charge in [-0.05, 0) is 52.7 Å². The lowest BCUT2D eigenvalue weighted by atomic mass is 10.2. The van der Waals surface area contributed by atoms with Crippen LogP contribution in [0.4, 0.5) is 5.69 Å². The summed E-state index contributed by atoms with van der Waals surface area (Å²) in [7, 11) is -3.64.